The van der Waals surface area contributed by atoms with Crippen LogP contribution in [0.2, 0.25) is 0 Å². The van der Waals surface area contributed by atoms with Crippen molar-refractivity contribution in [2.75, 3.05) is 0 Å². The van der Waals surface area contributed by atoms with Crippen molar-refractivity contribution in [1.29, 1.82) is 10.5 Å². The van der Waals surface area contributed by atoms with Gasteiger partial charge in [-0.2, -0.15) is 23.7 Å². The molecule has 21 heavy (non-hydrogen) atoms. The van der Waals surface area contributed by atoms with Crippen molar-refractivity contribution in [3.63, 3.8) is 0 Å². The molecule has 108 valence electrons. The minimum absolute atomic E-state index is 0.0834. The summed E-state index contributed by atoms with van der Waals surface area (Å²) in [4.78, 5) is 0. The number of fused-ring (bicyclic) bond motifs is 1. The molecule has 1 aromatic carbocycles. The van der Waals surface area contributed by atoms with Crippen molar-refractivity contribution < 1.29 is 13.2 Å². The van der Waals surface area contributed by atoms with Gasteiger partial charge in [-0.1, -0.05) is 0 Å². The van der Waals surface area contributed by atoms with Crippen LogP contribution in [0.5, 0.6) is 0 Å². The van der Waals surface area contributed by atoms with Crippen molar-refractivity contribution in [3.05, 3.63) is 35.0 Å². The fourth-order valence-corrected chi connectivity index (χ4v) is 2.89. The number of nitrogens with zero attached hydrogens (tertiary/aromatic N) is 3. The summed E-state index contributed by atoms with van der Waals surface area (Å²) in [5, 5.41) is 18.0. The highest BCUT2D eigenvalue weighted by atomic mass is 79.9. The molecule has 2 aromatic rings. The van der Waals surface area contributed by atoms with Crippen molar-refractivity contribution in [1.82, 2.24) is 4.57 Å². The zero-order valence-corrected chi connectivity index (χ0v) is 12.7. The molecule has 0 aliphatic carbocycles. The van der Waals surface area contributed by atoms with Gasteiger partial charge in [0.2, 0.25) is 0 Å². The van der Waals surface area contributed by atoms with Crippen LogP contribution in [-0.2, 0) is 10.6 Å². The number of aromatic nitrogens is 1. The fraction of sp³-hybridized carbons (Fsp3) is 0.286. The smallest absolute Gasteiger partial charge is 0.317 e. The summed E-state index contributed by atoms with van der Waals surface area (Å²) >= 11 is 3.21. The Kier molecular flexibility index (Phi) is 3.51. The van der Waals surface area contributed by atoms with Crippen molar-refractivity contribution in [2.45, 2.75) is 24.5 Å². The standard InChI is InChI=1S/C14H9BrF3N3/c1-8-5-10-11(21(8)13(2,15)7-20)4-3-9(6-19)12(10)14(16,17)18/h3-5H,1-2H3. The van der Waals surface area contributed by atoms with Crippen LogP contribution in [-0.4, -0.2) is 4.57 Å². The number of halogens is 4. The highest BCUT2D eigenvalue weighted by molar-refractivity contribution is 9.09. The quantitative estimate of drug-likeness (QED) is 0.710. The number of alkyl halides is 4. The van der Waals surface area contributed by atoms with Crippen LogP contribution in [0.25, 0.3) is 10.9 Å². The Morgan fingerprint density at radius 1 is 1.24 bits per heavy atom. The fourth-order valence-electron chi connectivity index (χ4n) is 2.42. The third kappa shape index (κ3) is 2.38. The molecule has 2 rings (SSSR count). The zero-order chi connectivity index (χ0) is 16.0. The van der Waals surface area contributed by atoms with E-state index in [-0.39, 0.29) is 10.9 Å². The first-order chi connectivity index (χ1) is 9.63. The lowest BCUT2D eigenvalue weighted by atomic mass is 10.0. The Labute approximate surface area is 127 Å². The first-order valence-corrected chi connectivity index (χ1v) is 6.65. The second-order valence-electron chi connectivity index (χ2n) is 4.72. The van der Waals surface area contributed by atoms with Gasteiger partial charge in [-0.25, -0.2) is 0 Å². The molecule has 0 aliphatic rings. The molecule has 0 radical (unpaired) electrons. The van der Waals surface area contributed by atoms with Gasteiger partial charge in [-0.05, 0) is 48.0 Å². The van der Waals surface area contributed by atoms with E-state index >= 15 is 0 Å². The van der Waals surface area contributed by atoms with Crippen LogP contribution in [0.15, 0.2) is 18.2 Å². The second-order valence-corrected chi connectivity index (χ2v) is 6.26. The van der Waals surface area contributed by atoms with Crippen molar-refractivity contribution in [2.24, 2.45) is 0 Å². The van der Waals surface area contributed by atoms with Crippen molar-refractivity contribution >= 4 is 26.8 Å². The molecule has 7 heteroatoms. The maximum absolute atomic E-state index is 13.2. The van der Waals surface area contributed by atoms with E-state index in [0.29, 0.717) is 5.69 Å². The number of rotatable bonds is 1. The number of aryl methyl sites for hydroxylation is 1. The third-order valence-corrected chi connectivity index (χ3v) is 3.73. The van der Waals surface area contributed by atoms with Gasteiger partial charge in [0.15, 0.2) is 4.45 Å². The van der Waals surface area contributed by atoms with Gasteiger partial charge in [-0.3, -0.25) is 0 Å². The summed E-state index contributed by atoms with van der Waals surface area (Å²) in [5.41, 5.74) is -0.655. The molecule has 0 aliphatic heterocycles. The van der Waals surface area contributed by atoms with Gasteiger partial charge in [0.25, 0.3) is 0 Å². The monoisotopic (exact) mass is 355 g/mol. The molecule has 0 bridgehead atoms. The molecule has 0 saturated carbocycles. The van der Waals surface area contributed by atoms with E-state index in [1.165, 1.54) is 16.7 Å². The van der Waals surface area contributed by atoms with Crippen LogP contribution >= 0.6 is 15.9 Å². The van der Waals surface area contributed by atoms with Crippen LogP contribution in [0, 0.1) is 29.6 Å². The topological polar surface area (TPSA) is 52.5 Å². The van der Waals surface area contributed by atoms with E-state index in [2.05, 4.69) is 15.9 Å². The average Bonchev–Trinajstić information content (AvgIpc) is 2.72. The molecule has 0 fully saturated rings. The van der Waals surface area contributed by atoms with E-state index < -0.39 is 21.8 Å². The molecule has 0 N–H and O–H groups in total. The third-order valence-electron chi connectivity index (χ3n) is 3.20. The Hall–Kier alpha value is -1.99. The van der Waals surface area contributed by atoms with E-state index in [4.69, 9.17) is 5.26 Å². The lowest BCUT2D eigenvalue weighted by molar-refractivity contribution is -0.136. The van der Waals surface area contributed by atoms with E-state index in [1.807, 2.05) is 6.07 Å². The molecule has 0 saturated heterocycles. The predicted molar refractivity (Wildman–Crippen MR) is 74.6 cm³/mol. The van der Waals surface area contributed by atoms with E-state index in [0.717, 1.165) is 6.07 Å². The van der Waals surface area contributed by atoms with Crippen LogP contribution in [0.1, 0.15) is 23.7 Å². The maximum Gasteiger partial charge on any atom is 0.418 e. The Bertz CT molecular complexity index is 804. The van der Waals surface area contributed by atoms with Crippen LogP contribution < -0.4 is 0 Å². The van der Waals surface area contributed by atoms with Gasteiger partial charge >= 0.3 is 6.18 Å². The van der Waals surface area contributed by atoms with Crippen molar-refractivity contribution in [3.8, 4) is 12.1 Å². The zero-order valence-electron chi connectivity index (χ0n) is 11.1. The van der Waals surface area contributed by atoms with Gasteiger partial charge < -0.3 is 4.57 Å². The highest BCUT2D eigenvalue weighted by Crippen LogP contribution is 2.40. The van der Waals surface area contributed by atoms with Crippen LogP contribution in [0.3, 0.4) is 0 Å². The Balaban J connectivity index is 2.97. The number of hydrogen-bond acceptors (Lipinski definition) is 2. The molecule has 1 heterocycles. The van der Waals surface area contributed by atoms with Crippen LogP contribution in [0.4, 0.5) is 13.2 Å². The molecule has 1 unspecified atom stereocenters. The predicted octanol–water partition coefficient (Wildman–Crippen LogP) is 4.43. The first kappa shape index (κ1) is 15.4. The second kappa shape index (κ2) is 4.78. The SMILES string of the molecule is Cc1cc2c(C(F)(F)F)c(C#N)ccc2n1C(C)(Br)C#N. The maximum atomic E-state index is 13.2. The molecular weight excluding hydrogens is 347 g/mol. The molecule has 1 aromatic heterocycles. The lowest BCUT2D eigenvalue weighted by Crippen LogP contribution is -2.21. The summed E-state index contributed by atoms with van der Waals surface area (Å²) in [6.07, 6.45) is -4.64. The largest absolute Gasteiger partial charge is 0.418 e. The van der Waals surface area contributed by atoms with Gasteiger partial charge in [0.05, 0.1) is 22.7 Å². The summed E-state index contributed by atoms with van der Waals surface area (Å²) in [5.74, 6) is 0. The minimum Gasteiger partial charge on any atom is -0.317 e. The number of nitriles is 2. The van der Waals surface area contributed by atoms with Gasteiger partial charge in [-0.15, -0.1) is 0 Å². The average molecular weight is 356 g/mol. The summed E-state index contributed by atoms with van der Waals surface area (Å²) in [6, 6.07) is 7.46. The van der Waals surface area contributed by atoms with Gasteiger partial charge in [0, 0.05) is 11.1 Å². The molecule has 0 amide bonds. The minimum atomic E-state index is -4.64. The summed E-state index contributed by atoms with van der Waals surface area (Å²) in [7, 11) is 0. The Morgan fingerprint density at radius 3 is 2.33 bits per heavy atom. The number of benzene rings is 1. The summed E-state index contributed by atoms with van der Waals surface area (Å²) in [6.45, 7) is 3.16. The molecule has 3 nitrogen and oxygen atoms in total. The molecule has 0 spiro atoms. The highest BCUT2D eigenvalue weighted by Gasteiger charge is 2.37. The number of hydrogen-bond donors (Lipinski definition) is 0. The van der Waals surface area contributed by atoms with Gasteiger partial charge in [0.1, 0.15) is 6.07 Å². The summed E-state index contributed by atoms with van der Waals surface area (Å²) < 4.78 is 40.0. The lowest BCUT2D eigenvalue weighted by Gasteiger charge is -2.20. The molecule has 1 atom stereocenters. The Morgan fingerprint density at radius 2 is 1.86 bits per heavy atom. The van der Waals surface area contributed by atoms with E-state index in [9.17, 15) is 18.4 Å². The molecular formula is C14H9BrF3N3. The van der Waals surface area contributed by atoms with E-state index in [1.54, 1.807) is 19.9 Å². The first-order valence-electron chi connectivity index (χ1n) is 5.86. The normalized spacial score (nSPS) is 14.5.